The standard InChI is InChI=1S/C21H23N5O/c1-25(2)18-11-9-17(10-12-18)24-20-13-19(22-15-23-20)21(27)26(3)14-16-7-5-4-6-8-16/h4-13,15H,14H2,1-3H3,(H,22,23,24). The van der Waals surface area contributed by atoms with Gasteiger partial charge in [-0.05, 0) is 29.8 Å². The van der Waals surface area contributed by atoms with Gasteiger partial charge in [-0.15, -0.1) is 0 Å². The molecular formula is C21H23N5O. The monoisotopic (exact) mass is 361 g/mol. The summed E-state index contributed by atoms with van der Waals surface area (Å²) in [6.07, 6.45) is 1.40. The number of hydrogen-bond donors (Lipinski definition) is 1. The van der Waals surface area contributed by atoms with Crippen LogP contribution in [0.3, 0.4) is 0 Å². The Balaban J connectivity index is 1.70. The first-order chi connectivity index (χ1) is 13.0. The first kappa shape index (κ1) is 18.4. The molecule has 0 unspecified atom stereocenters. The summed E-state index contributed by atoms with van der Waals surface area (Å²) in [6, 6.07) is 19.5. The third kappa shape index (κ3) is 4.82. The van der Waals surface area contributed by atoms with E-state index in [1.165, 1.54) is 6.33 Å². The van der Waals surface area contributed by atoms with Crippen LogP contribution in [0.2, 0.25) is 0 Å². The fourth-order valence-corrected chi connectivity index (χ4v) is 2.66. The molecule has 0 saturated heterocycles. The van der Waals surface area contributed by atoms with Gasteiger partial charge < -0.3 is 15.1 Å². The smallest absolute Gasteiger partial charge is 0.272 e. The molecule has 1 aromatic heterocycles. The molecule has 1 heterocycles. The second kappa shape index (κ2) is 8.31. The molecule has 0 radical (unpaired) electrons. The van der Waals surface area contributed by atoms with Crippen molar-refractivity contribution in [3.63, 3.8) is 0 Å². The van der Waals surface area contributed by atoms with Crippen molar-refractivity contribution in [2.75, 3.05) is 31.4 Å². The van der Waals surface area contributed by atoms with E-state index in [-0.39, 0.29) is 5.91 Å². The van der Waals surface area contributed by atoms with Gasteiger partial charge in [0.1, 0.15) is 17.8 Å². The number of aromatic nitrogens is 2. The Morgan fingerprint density at radius 2 is 1.67 bits per heavy atom. The minimum absolute atomic E-state index is 0.146. The number of benzene rings is 2. The predicted octanol–water partition coefficient (Wildman–Crippen LogP) is 3.56. The Hall–Kier alpha value is -3.41. The van der Waals surface area contributed by atoms with E-state index < -0.39 is 0 Å². The van der Waals surface area contributed by atoms with E-state index in [0.717, 1.165) is 16.9 Å². The molecule has 0 aliphatic heterocycles. The molecule has 0 bridgehead atoms. The SMILES string of the molecule is CN(Cc1ccccc1)C(=O)c1cc(Nc2ccc(N(C)C)cc2)ncn1. The molecule has 2 aromatic carbocycles. The van der Waals surface area contributed by atoms with Crippen LogP contribution in [0, 0.1) is 0 Å². The lowest BCUT2D eigenvalue weighted by Gasteiger charge is -2.17. The number of nitrogens with one attached hydrogen (secondary N) is 1. The van der Waals surface area contributed by atoms with E-state index in [1.54, 1.807) is 18.0 Å². The van der Waals surface area contributed by atoms with Crippen LogP contribution in [0.1, 0.15) is 16.1 Å². The molecule has 0 aliphatic rings. The molecule has 0 fully saturated rings. The van der Waals surface area contributed by atoms with E-state index in [1.807, 2.05) is 73.6 Å². The number of carbonyl (C=O) groups is 1. The van der Waals surface area contributed by atoms with Gasteiger partial charge in [-0.2, -0.15) is 0 Å². The Bertz CT molecular complexity index is 894. The Kier molecular flexibility index (Phi) is 5.66. The lowest BCUT2D eigenvalue weighted by molar-refractivity contribution is 0.0779. The van der Waals surface area contributed by atoms with E-state index in [0.29, 0.717) is 18.1 Å². The lowest BCUT2D eigenvalue weighted by atomic mass is 10.2. The first-order valence-electron chi connectivity index (χ1n) is 8.69. The minimum atomic E-state index is -0.146. The first-order valence-corrected chi connectivity index (χ1v) is 8.69. The normalized spacial score (nSPS) is 10.3. The van der Waals surface area contributed by atoms with Crippen LogP contribution in [0.5, 0.6) is 0 Å². The van der Waals surface area contributed by atoms with Crippen molar-refractivity contribution >= 4 is 23.1 Å². The molecule has 0 spiro atoms. The molecule has 1 N–H and O–H groups in total. The number of nitrogens with zero attached hydrogens (tertiary/aromatic N) is 4. The third-order valence-corrected chi connectivity index (χ3v) is 4.15. The number of carbonyl (C=O) groups excluding carboxylic acids is 1. The maximum Gasteiger partial charge on any atom is 0.272 e. The van der Waals surface area contributed by atoms with Crippen LogP contribution in [-0.2, 0) is 6.54 Å². The van der Waals surface area contributed by atoms with Crippen LogP contribution < -0.4 is 10.2 Å². The maximum absolute atomic E-state index is 12.7. The van der Waals surface area contributed by atoms with Crippen molar-refractivity contribution < 1.29 is 4.79 Å². The van der Waals surface area contributed by atoms with Crippen molar-refractivity contribution in [1.82, 2.24) is 14.9 Å². The van der Waals surface area contributed by atoms with Crippen LogP contribution in [-0.4, -0.2) is 41.9 Å². The van der Waals surface area contributed by atoms with Crippen LogP contribution >= 0.6 is 0 Å². The van der Waals surface area contributed by atoms with Gasteiger partial charge in [0.05, 0.1) is 0 Å². The summed E-state index contributed by atoms with van der Waals surface area (Å²) >= 11 is 0. The van der Waals surface area contributed by atoms with Crippen molar-refractivity contribution in [1.29, 1.82) is 0 Å². The zero-order valence-electron chi connectivity index (χ0n) is 15.8. The molecule has 0 saturated carbocycles. The van der Waals surface area contributed by atoms with Crippen molar-refractivity contribution in [2.24, 2.45) is 0 Å². The van der Waals surface area contributed by atoms with E-state index in [9.17, 15) is 4.79 Å². The average molecular weight is 361 g/mol. The fourth-order valence-electron chi connectivity index (χ4n) is 2.66. The predicted molar refractivity (Wildman–Crippen MR) is 108 cm³/mol. The highest BCUT2D eigenvalue weighted by Crippen LogP contribution is 2.19. The Morgan fingerprint density at radius 1 is 0.963 bits per heavy atom. The summed E-state index contributed by atoms with van der Waals surface area (Å²) in [5.41, 5.74) is 3.44. The highest BCUT2D eigenvalue weighted by Gasteiger charge is 2.14. The van der Waals surface area contributed by atoms with Gasteiger partial charge in [0.25, 0.3) is 5.91 Å². The van der Waals surface area contributed by atoms with Gasteiger partial charge in [-0.25, -0.2) is 9.97 Å². The summed E-state index contributed by atoms with van der Waals surface area (Å²) in [5.74, 6) is 0.436. The Labute approximate surface area is 159 Å². The number of hydrogen-bond acceptors (Lipinski definition) is 5. The fraction of sp³-hybridized carbons (Fsp3) is 0.190. The second-order valence-electron chi connectivity index (χ2n) is 6.50. The van der Waals surface area contributed by atoms with E-state index in [2.05, 4.69) is 15.3 Å². The van der Waals surface area contributed by atoms with Gasteiger partial charge in [0.2, 0.25) is 0 Å². The molecule has 6 nitrogen and oxygen atoms in total. The molecule has 3 rings (SSSR count). The van der Waals surface area contributed by atoms with E-state index in [4.69, 9.17) is 0 Å². The van der Waals surface area contributed by atoms with Crippen molar-refractivity contribution in [3.8, 4) is 0 Å². The largest absolute Gasteiger partial charge is 0.378 e. The average Bonchev–Trinajstić information content (AvgIpc) is 2.69. The van der Waals surface area contributed by atoms with Gasteiger partial charge in [-0.1, -0.05) is 30.3 Å². The van der Waals surface area contributed by atoms with Crippen LogP contribution in [0.25, 0.3) is 0 Å². The van der Waals surface area contributed by atoms with Crippen molar-refractivity contribution in [2.45, 2.75) is 6.54 Å². The Morgan fingerprint density at radius 3 is 2.33 bits per heavy atom. The summed E-state index contributed by atoms with van der Waals surface area (Å²) in [4.78, 5) is 24.7. The molecule has 27 heavy (non-hydrogen) atoms. The van der Waals surface area contributed by atoms with Gasteiger partial charge in [0.15, 0.2) is 0 Å². The summed E-state index contributed by atoms with van der Waals surface area (Å²) in [5, 5.41) is 3.21. The van der Waals surface area contributed by atoms with Gasteiger partial charge in [-0.3, -0.25) is 4.79 Å². The van der Waals surface area contributed by atoms with Crippen LogP contribution in [0.4, 0.5) is 17.2 Å². The summed E-state index contributed by atoms with van der Waals surface area (Å²) < 4.78 is 0. The molecule has 0 aliphatic carbocycles. The molecule has 0 atom stereocenters. The number of rotatable bonds is 6. The zero-order valence-corrected chi connectivity index (χ0v) is 15.8. The van der Waals surface area contributed by atoms with Gasteiger partial charge in [0, 0.05) is 45.1 Å². The summed E-state index contributed by atoms with van der Waals surface area (Å²) in [6.45, 7) is 0.526. The lowest BCUT2D eigenvalue weighted by Crippen LogP contribution is -2.27. The molecule has 1 amide bonds. The topological polar surface area (TPSA) is 61.4 Å². The second-order valence-corrected chi connectivity index (χ2v) is 6.50. The zero-order chi connectivity index (χ0) is 19.2. The van der Waals surface area contributed by atoms with E-state index >= 15 is 0 Å². The maximum atomic E-state index is 12.7. The van der Waals surface area contributed by atoms with Crippen molar-refractivity contribution in [3.05, 3.63) is 78.2 Å². The highest BCUT2D eigenvalue weighted by atomic mass is 16.2. The third-order valence-electron chi connectivity index (χ3n) is 4.15. The van der Waals surface area contributed by atoms with Crippen LogP contribution in [0.15, 0.2) is 67.0 Å². The molecular weight excluding hydrogens is 338 g/mol. The quantitative estimate of drug-likeness (QED) is 0.727. The molecule has 138 valence electrons. The molecule has 6 heteroatoms. The minimum Gasteiger partial charge on any atom is -0.378 e. The van der Waals surface area contributed by atoms with Gasteiger partial charge >= 0.3 is 0 Å². The number of anilines is 3. The number of amides is 1. The molecule has 3 aromatic rings. The highest BCUT2D eigenvalue weighted by molar-refractivity contribution is 5.92. The summed E-state index contributed by atoms with van der Waals surface area (Å²) in [7, 11) is 5.76.